The van der Waals surface area contributed by atoms with Gasteiger partial charge in [0.1, 0.15) is 5.03 Å². The summed E-state index contributed by atoms with van der Waals surface area (Å²) in [6, 6.07) is 10.1. The maximum atomic E-state index is 6.11. The molecular formula is C14H15ClN2S. The standard InChI is InChI=1S/C14H15ClN2S/c1-10-9-11(6-7-16)4-5-13(10)18-14-12(15)3-2-8-17-14/h2-5,8-9H,6-7,16H2,1H3. The Balaban J connectivity index is 2.22. The molecule has 0 bridgehead atoms. The normalized spacial score (nSPS) is 10.6. The topological polar surface area (TPSA) is 38.9 Å². The van der Waals surface area contributed by atoms with E-state index in [-0.39, 0.29) is 0 Å². The molecule has 0 saturated carbocycles. The van der Waals surface area contributed by atoms with E-state index in [9.17, 15) is 0 Å². The second kappa shape index (κ2) is 6.23. The van der Waals surface area contributed by atoms with Gasteiger partial charge in [-0.25, -0.2) is 4.98 Å². The van der Waals surface area contributed by atoms with Gasteiger partial charge in [0.05, 0.1) is 5.02 Å². The summed E-state index contributed by atoms with van der Waals surface area (Å²) in [5.74, 6) is 0. The maximum absolute atomic E-state index is 6.11. The number of hydrogen-bond donors (Lipinski definition) is 1. The van der Waals surface area contributed by atoms with E-state index < -0.39 is 0 Å². The summed E-state index contributed by atoms with van der Waals surface area (Å²) in [5, 5.41) is 1.53. The van der Waals surface area contributed by atoms with E-state index in [1.54, 1.807) is 18.0 Å². The Morgan fingerprint density at radius 3 is 2.83 bits per heavy atom. The van der Waals surface area contributed by atoms with E-state index in [1.807, 2.05) is 12.1 Å². The van der Waals surface area contributed by atoms with Crippen molar-refractivity contribution < 1.29 is 0 Å². The Kier molecular flexibility index (Phi) is 4.64. The molecule has 0 fully saturated rings. The summed E-state index contributed by atoms with van der Waals surface area (Å²) >= 11 is 7.70. The van der Waals surface area contributed by atoms with Crippen molar-refractivity contribution in [1.82, 2.24) is 4.98 Å². The molecule has 2 rings (SSSR count). The SMILES string of the molecule is Cc1cc(CCN)ccc1Sc1ncccc1Cl. The number of aromatic nitrogens is 1. The first kappa shape index (κ1) is 13.4. The Morgan fingerprint density at radius 2 is 2.17 bits per heavy atom. The summed E-state index contributed by atoms with van der Waals surface area (Å²) in [7, 11) is 0. The number of aryl methyl sites for hydroxylation is 1. The van der Waals surface area contributed by atoms with Crippen LogP contribution in [-0.2, 0) is 6.42 Å². The smallest absolute Gasteiger partial charge is 0.119 e. The monoisotopic (exact) mass is 278 g/mol. The van der Waals surface area contributed by atoms with Gasteiger partial charge in [0.2, 0.25) is 0 Å². The zero-order valence-electron chi connectivity index (χ0n) is 10.2. The van der Waals surface area contributed by atoms with Crippen LogP contribution in [0.1, 0.15) is 11.1 Å². The van der Waals surface area contributed by atoms with Gasteiger partial charge in [-0.15, -0.1) is 0 Å². The zero-order valence-corrected chi connectivity index (χ0v) is 11.8. The van der Waals surface area contributed by atoms with Crippen LogP contribution in [0.25, 0.3) is 0 Å². The van der Waals surface area contributed by atoms with Crippen molar-refractivity contribution >= 4 is 23.4 Å². The molecule has 94 valence electrons. The van der Waals surface area contributed by atoms with Gasteiger partial charge in [-0.1, -0.05) is 35.5 Å². The van der Waals surface area contributed by atoms with E-state index in [1.165, 1.54) is 16.0 Å². The number of pyridine rings is 1. The van der Waals surface area contributed by atoms with Crippen LogP contribution in [0.2, 0.25) is 5.02 Å². The van der Waals surface area contributed by atoms with E-state index in [2.05, 4.69) is 30.1 Å². The Labute approximate surface area is 117 Å². The molecule has 2 aromatic rings. The largest absolute Gasteiger partial charge is 0.330 e. The molecular weight excluding hydrogens is 264 g/mol. The van der Waals surface area contributed by atoms with Gasteiger partial charge in [-0.2, -0.15) is 0 Å². The molecule has 2 nitrogen and oxygen atoms in total. The molecule has 0 atom stereocenters. The lowest BCUT2D eigenvalue weighted by atomic mass is 10.1. The highest BCUT2D eigenvalue weighted by atomic mass is 35.5. The lowest BCUT2D eigenvalue weighted by Crippen LogP contribution is -2.02. The summed E-state index contributed by atoms with van der Waals surface area (Å²) in [5.41, 5.74) is 8.06. The van der Waals surface area contributed by atoms with Gasteiger partial charge in [-0.3, -0.25) is 0 Å². The Hall–Kier alpha value is -1.03. The van der Waals surface area contributed by atoms with E-state index >= 15 is 0 Å². The van der Waals surface area contributed by atoms with Gasteiger partial charge >= 0.3 is 0 Å². The van der Waals surface area contributed by atoms with Gasteiger partial charge in [-0.05, 0) is 49.2 Å². The van der Waals surface area contributed by atoms with Crippen LogP contribution in [0.3, 0.4) is 0 Å². The van der Waals surface area contributed by atoms with E-state index in [0.29, 0.717) is 11.6 Å². The van der Waals surface area contributed by atoms with Gasteiger partial charge in [0.25, 0.3) is 0 Å². The van der Waals surface area contributed by atoms with Crippen molar-refractivity contribution in [3.05, 3.63) is 52.7 Å². The third kappa shape index (κ3) is 3.25. The van der Waals surface area contributed by atoms with Crippen LogP contribution in [0.4, 0.5) is 0 Å². The number of nitrogens with two attached hydrogens (primary N) is 1. The van der Waals surface area contributed by atoms with Crippen molar-refractivity contribution in [1.29, 1.82) is 0 Å². The average Bonchev–Trinajstić information content (AvgIpc) is 2.35. The second-order valence-electron chi connectivity index (χ2n) is 4.03. The summed E-state index contributed by atoms with van der Waals surface area (Å²) in [6.45, 7) is 2.77. The molecule has 1 aromatic carbocycles. The first-order valence-electron chi connectivity index (χ1n) is 5.78. The fourth-order valence-corrected chi connectivity index (χ4v) is 2.78. The van der Waals surface area contributed by atoms with Gasteiger partial charge in [0, 0.05) is 11.1 Å². The third-order valence-electron chi connectivity index (χ3n) is 2.60. The number of nitrogens with zero attached hydrogens (tertiary/aromatic N) is 1. The molecule has 0 aliphatic rings. The summed E-state index contributed by atoms with van der Waals surface area (Å²) < 4.78 is 0. The van der Waals surface area contributed by atoms with Gasteiger partial charge < -0.3 is 5.73 Å². The second-order valence-corrected chi connectivity index (χ2v) is 5.47. The van der Waals surface area contributed by atoms with Crippen molar-refractivity contribution in [3.63, 3.8) is 0 Å². The number of benzene rings is 1. The van der Waals surface area contributed by atoms with E-state index in [0.717, 1.165) is 11.4 Å². The number of rotatable bonds is 4. The predicted molar refractivity (Wildman–Crippen MR) is 77.3 cm³/mol. The van der Waals surface area contributed by atoms with Crippen LogP contribution in [-0.4, -0.2) is 11.5 Å². The van der Waals surface area contributed by atoms with Crippen LogP contribution in [0.15, 0.2) is 46.5 Å². The summed E-state index contributed by atoms with van der Waals surface area (Å²) in [4.78, 5) is 5.46. The van der Waals surface area contributed by atoms with Crippen LogP contribution >= 0.6 is 23.4 Å². The first-order chi connectivity index (χ1) is 8.70. The molecule has 2 N–H and O–H groups in total. The fraction of sp³-hybridized carbons (Fsp3) is 0.214. The molecule has 0 amide bonds. The number of hydrogen-bond acceptors (Lipinski definition) is 3. The Bertz CT molecular complexity index is 543. The minimum absolute atomic E-state index is 0.679. The highest BCUT2D eigenvalue weighted by molar-refractivity contribution is 7.99. The number of halogens is 1. The lowest BCUT2D eigenvalue weighted by Gasteiger charge is -2.08. The highest BCUT2D eigenvalue weighted by Crippen LogP contribution is 2.33. The molecule has 18 heavy (non-hydrogen) atoms. The fourth-order valence-electron chi connectivity index (χ4n) is 1.70. The molecule has 4 heteroatoms. The molecule has 1 aromatic heterocycles. The molecule has 0 aliphatic carbocycles. The zero-order chi connectivity index (χ0) is 13.0. The quantitative estimate of drug-likeness (QED) is 0.927. The molecule has 0 radical (unpaired) electrons. The van der Waals surface area contributed by atoms with Gasteiger partial charge in [0.15, 0.2) is 0 Å². The van der Waals surface area contributed by atoms with Crippen molar-refractivity contribution in [2.45, 2.75) is 23.3 Å². The minimum atomic E-state index is 0.679. The highest BCUT2D eigenvalue weighted by Gasteiger charge is 2.06. The van der Waals surface area contributed by atoms with Crippen molar-refractivity contribution in [2.75, 3.05) is 6.54 Å². The van der Waals surface area contributed by atoms with Crippen LogP contribution in [0.5, 0.6) is 0 Å². The maximum Gasteiger partial charge on any atom is 0.119 e. The average molecular weight is 279 g/mol. The lowest BCUT2D eigenvalue weighted by molar-refractivity contribution is 0.962. The van der Waals surface area contributed by atoms with Crippen LogP contribution < -0.4 is 5.73 Å². The molecule has 0 spiro atoms. The molecule has 0 saturated heterocycles. The Morgan fingerprint density at radius 1 is 1.33 bits per heavy atom. The van der Waals surface area contributed by atoms with E-state index in [4.69, 9.17) is 17.3 Å². The molecule has 0 unspecified atom stereocenters. The molecule has 0 aliphatic heterocycles. The summed E-state index contributed by atoms with van der Waals surface area (Å²) in [6.07, 6.45) is 2.67. The third-order valence-corrected chi connectivity index (χ3v) is 4.22. The van der Waals surface area contributed by atoms with Crippen molar-refractivity contribution in [3.8, 4) is 0 Å². The first-order valence-corrected chi connectivity index (χ1v) is 6.98. The predicted octanol–water partition coefficient (Wildman–Crippen LogP) is 3.70. The minimum Gasteiger partial charge on any atom is -0.330 e. The molecule has 1 heterocycles. The van der Waals surface area contributed by atoms with Crippen LogP contribution in [0, 0.1) is 6.92 Å². The van der Waals surface area contributed by atoms with Crippen molar-refractivity contribution in [2.24, 2.45) is 5.73 Å².